The summed E-state index contributed by atoms with van der Waals surface area (Å²) >= 11 is 6.64. The molecule has 1 heterocycles. The quantitative estimate of drug-likeness (QED) is 0.307. The number of rotatable bonds is 11. The average Bonchev–Trinajstić information content (AvgIpc) is 2.74. The number of thioether (sulfide) groups is 1. The number of carbonyl (C=O) groups is 1. The molecule has 0 aliphatic heterocycles. The Morgan fingerprint density at radius 2 is 1.81 bits per heavy atom. The van der Waals surface area contributed by atoms with Crippen molar-refractivity contribution < 1.29 is 24.4 Å². The number of halogens is 1. The lowest BCUT2D eigenvalue weighted by Gasteiger charge is -2.32. The van der Waals surface area contributed by atoms with Crippen molar-refractivity contribution in [2.75, 3.05) is 24.5 Å². The Hall–Kier alpha value is -0.600. The van der Waals surface area contributed by atoms with E-state index in [1.54, 1.807) is 35.4 Å². The first-order valence-corrected chi connectivity index (χ1v) is 14.2. The molecule has 1 aromatic carbocycles. The highest BCUT2D eigenvalue weighted by Crippen LogP contribution is 2.56. The number of aromatic nitrogens is 1. The molecule has 32 heavy (non-hydrogen) atoms. The zero-order valence-electron chi connectivity index (χ0n) is 18.3. The van der Waals surface area contributed by atoms with E-state index >= 15 is 0 Å². The second kappa shape index (κ2) is 13.3. The Kier molecular flexibility index (Phi) is 11.5. The van der Waals surface area contributed by atoms with E-state index in [-0.39, 0.29) is 6.04 Å². The molecule has 0 bridgehead atoms. The number of pyridine rings is 1. The summed E-state index contributed by atoms with van der Waals surface area (Å²) in [5.41, 5.74) is 1.24. The van der Waals surface area contributed by atoms with Crippen LogP contribution in [0.5, 0.6) is 0 Å². The third-order valence-corrected chi connectivity index (χ3v) is 9.81. The lowest BCUT2D eigenvalue weighted by molar-refractivity contribution is 0.261. The van der Waals surface area contributed by atoms with Gasteiger partial charge in [0.25, 0.3) is 5.24 Å². The molecule has 0 radical (unpaired) electrons. The molecule has 2 rings (SSSR count). The van der Waals surface area contributed by atoms with Gasteiger partial charge in [0.2, 0.25) is 0 Å². The molecule has 2 aromatic rings. The Morgan fingerprint density at radius 1 is 1.16 bits per heavy atom. The number of nitrogens with zero attached hydrogens (tertiary/aromatic N) is 3. The van der Waals surface area contributed by atoms with Crippen molar-refractivity contribution in [1.82, 2.24) is 9.88 Å². The van der Waals surface area contributed by atoms with E-state index in [1.807, 2.05) is 6.92 Å². The number of benzene rings is 1. The van der Waals surface area contributed by atoms with Gasteiger partial charge < -0.3 is 24.5 Å². The number of fused-ring (bicyclic) bond motifs is 1. The van der Waals surface area contributed by atoms with Crippen LogP contribution in [0.3, 0.4) is 0 Å². The summed E-state index contributed by atoms with van der Waals surface area (Å²) in [6.45, 7) is 8.95. The predicted molar refractivity (Wildman–Crippen MR) is 135 cm³/mol. The Labute approximate surface area is 200 Å². The Bertz CT molecular complexity index is 883. The number of hydrogen-bond acceptors (Lipinski definition) is 8. The molecule has 1 aromatic heterocycles. The maximum absolute atomic E-state index is 13.3. The second-order valence-corrected chi connectivity index (χ2v) is 12.1. The molecule has 1 amide bonds. The van der Waals surface area contributed by atoms with Crippen LogP contribution in [0.25, 0.3) is 10.9 Å². The number of hydrogen-bond donors (Lipinski definition) is 4. The fourth-order valence-corrected chi connectivity index (χ4v) is 6.22. The number of carbonyl (C=O) groups excluding carboxylic acids is 1. The van der Waals surface area contributed by atoms with Gasteiger partial charge in [-0.3, -0.25) is 14.7 Å². The zero-order chi connectivity index (χ0) is 23.8. The molecule has 1 unspecified atom stereocenters. The highest BCUT2D eigenvalue weighted by atomic mass is 35.5. The summed E-state index contributed by atoms with van der Waals surface area (Å²) < 4.78 is -1.37. The number of anilines is 1. The van der Waals surface area contributed by atoms with Gasteiger partial charge in [-0.2, -0.15) is 0 Å². The summed E-state index contributed by atoms with van der Waals surface area (Å²) in [5, 5.41) is 0.765. The molecule has 0 saturated heterocycles. The second-order valence-electron chi connectivity index (χ2n) is 7.23. The zero-order valence-corrected chi connectivity index (χ0v) is 21.7. The van der Waals surface area contributed by atoms with Crippen LogP contribution in [0.15, 0.2) is 30.5 Å². The van der Waals surface area contributed by atoms with E-state index in [1.165, 1.54) is 0 Å². The van der Waals surface area contributed by atoms with Gasteiger partial charge >= 0.3 is 0 Å². The van der Waals surface area contributed by atoms with Crippen molar-refractivity contribution in [2.24, 2.45) is 0 Å². The van der Waals surface area contributed by atoms with Crippen molar-refractivity contribution in [1.29, 1.82) is 0 Å². The van der Waals surface area contributed by atoms with Gasteiger partial charge in [0.05, 0.1) is 11.2 Å². The van der Waals surface area contributed by atoms with E-state index in [4.69, 9.17) is 11.6 Å². The maximum Gasteiger partial charge on any atom is 0.287 e. The minimum absolute atomic E-state index is 0.222. The monoisotopic (exact) mass is 521 g/mol. The first-order chi connectivity index (χ1) is 15.2. The standard InChI is InChI=1S/C20H30ClN3O5P2S/c1-4-23(5-2)12-6-7-14(3)24(19(25)32-20(30(26)27)31(28)29)18-10-11-22-17-13-15(21)8-9-16(17)18/h8-11,13-14,20,26-29H,4-7,12H2,1-3H3. The Balaban J connectivity index is 2.38. The molecule has 0 fully saturated rings. The predicted octanol–water partition coefficient (Wildman–Crippen LogP) is 4.93. The highest BCUT2D eigenvalue weighted by molar-refractivity contribution is 8.22. The van der Waals surface area contributed by atoms with E-state index < -0.39 is 26.7 Å². The van der Waals surface area contributed by atoms with Crippen molar-refractivity contribution in [3.05, 3.63) is 35.5 Å². The average molecular weight is 522 g/mol. The normalized spacial score (nSPS) is 13.0. The summed E-state index contributed by atoms with van der Waals surface area (Å²) in [7, 11) is -5.41. The summed E-state index contributed by atoms with van der Waals surface area (Å²) in [6, 6.07) is 6.73. The molecule has 1 atom stereocenters. The van der Waals surface area contributed by atoms with E-state index in [2.05, 4.69) is 23.7 Å². The number of amides is 1. The molecular weight excluding hydrogens is 492 g/mol. The van der Waals surface area contributed by atoms with Crippen LogP contribution in [0.2, 0.25) is 5.02 Å². The SMILES string of the molecule is CCN(CC)CCCC(C)N(C(=O)SC(P(O)O)P(O)O)c1ccnc2cc(Cl)ccc12. The Morgan fingerprint density at radius 3 is 2.41 bits per heavy atom. The molecule has 12 heteroatoms. The van der Waals surface area contributed by atoms with Gasteiger partial charge in [-0.25, -0.2) is 0 Å². The van der Waals surface area contributed by atoms with Crippen molar-refractivity contribution in [2.45, 2.75) is 44.4 Å². The molecule has 4 N–H and O–H groups in total. The topological polar surface area (TPSA) is 117 Å². The third kappa shape index (κ3) is 7.45. The van der Waals surface area contributed by atoms with Crippen LogP contribution >= 0.6 is 40.1 Å². The van der Waals surface area contributed by atoms with Crippen molar-refractivity contribution in [3.63, 3.8) is 0 Å². The van der Waals surface area contributed by atoms with Crippen LogP contribution in [-0.4, -0.2) is 65.1 Å². The minimum atomic E-state index is -2.70. The van der Waals surface area contributed by atoms with Gasteiger partial charge in [0.1, 0.15) is 0 Å². The van der Waals surface area contributed by atoms with Crippen molar-refractivity contribution in [3.8, 4) is 0 Å². The van der Waals surface area contributed by atoms with Crippen LogP contribution in [0, 0.1) is 0 Å². The van der Waals surface area contributed by atoms with Crippen LogP contribution < -0.4 is 4.90 Å². The largest absolute Gasteiger partial charge is 0.349 e. The minimum Gasteiger partial charge on any atom is -0.349 e. The van der Waals surface area contributed by atoms with Gasteiger partial charge in [-0.15, -0.1) is 0 Å². The van der Waals surface area contributed by atoms with Gasteiger partial charge in [-0.1, -0.05) is 25.4 Å². The molecule has 0 spiro atoms. The highest BCUT2D eigenvalue weighted by Gasteiger charge is 2.34. The van der Waals surface area contributed by atoms with Gasteiger partial charge in [0.15, 0.2) is 21.5 Å². The lowest BCUT2D eigenvalue weighted by atomic mass is 10.1. The fourth-order valence-electron chi connectivity index (χ4n) is 3.44. The summed E-state index contributed by atoms with van der Waals surface area (Å²) in [6.07, 6.45) is 3.18. The maximum atomic E-state index is 13.3. The molecular formula is C20H30ClN3O5P2S. The molecule has 0 aliphatic rings. The third-order valence-electron chi connectivity index (χ3n) is 5.17. The first-order valence-electron chi connectivity index (χ1n) is 10.3. The fraction of sp³-hybridized carbons (Fsp3) is 0.500. The smallest absolute Gasteiger partial charge is 0.287 e. The van der Waals surface area contributed by atoms with E-state index in [9.17, 15) is 24.4 Å². The summed E-state index contributed by atoms with van der Waals surface area (Å²) in [5.74, 6) is 0. The van der Waals surface area contributed by atoms with Crippen LogP contribution in [-0.2, 0) is 0 Å². The van der Waals surface area contributed by atoms with Gasteiger partial charge in [0, 0.05) is 22.6 Å². The van der Waals surface area contributed by atoms with E-state index in [0.717, 1.165) is 31.4 Å². The molecule has 0 aliphatic carbocycles. The first kappa shape index (κ1) is 27.6. The summed E-state index contributed by atoms with van der Waals surface area (Å²) in [4.78, 5) is 59.9. The van der Waals surface area contributed by atoms with Gasteiger partial charge in [-0.05, 0) is 75.4 Å². The lowest BCUT2D eigenvalue weighted by Crippen LogP contribution is -2.38. The molecule has 178 valence electrons. The van der Waals surface area contributed by atoms with Crippen LogP contribution in [0.1, 0.15) is 33.6 Å². The van der Waals surface area contributed by atoms with E-state index in [0.29, 0.717) is 34.4 Å². The van der Waals surface area contributed by atoms with Crippen LogP contribution in [0.4, 0.5) is 10.5 Å². The van der Waals surface area contributed by atoms with Crippen molar-refractivity contribution >= 4 is 61.9 Å². The molecule has 0 saturated carbocycles. The molecule has 8 nitrogen and oxygen atoms in total.